The fourth-order valence-electron chi connectivity index (χ4n) is 8.29. The molecule has 0 N–H and O–H groups in total. The molecule has 4 aromatic rings. The Kier molecular flexibility index (Phi) is 5.92. The van der Waals surface area contributed by atoms with Crippen LogP contribution in [-0.4, -0.2) is 21.9 Å². The maximum absolute atomic E-state index is 13.3. The molecule has 2 amide bonds. The molecule has 206 valence electrons. The maximum Gasteiger partial charge on any atom is 0.285 e. The lowest BCUT2D eigenvalue weighted by molar-refractivity contribution is -0.192. The van der Waals surface area contributed by atoms with Crippen LogP contribution in [0.4, 0.5) is 0 Å². The highest BCUT2D eigenvalue weighted by molar-refractivity contribution is 6.20. The number of hydrogen-bond acceptors (Lipinski definition) is 5. The Morgan fingerprint density at radius 1 is 0.732 bits per heavy atom. The zero-order valence-corrected chi connectivity index (χ0v) is 22.8. The van der Waals surface area contributed by atoms with Crippen LogP contribution in [0.2, 0.25) is 0 Å². The quantitative estimate of drug-likeness (QED) is 0.231. The highest BCUT2D eigenvalue weighted by Crippen LogP contribution is 2.60. The van der Waals surface area contributed by atoms with Gasteiger partial charge in [-0.05, 0) is 104 Å². The van der Waals surface area contributed by atoms with Gasteiger partial charge < -0.3 is 4.74 Å². The van der Waals surface area contributed by atoms with Crippen LogP contribution in [0.25, 0.3) is 10.9 Å². The zero-order valence-electron chi connectivity index (χ0n) is 22.8. The molecule has 4 aliphatic carbocycles. The number of aromatic nitrogens is 1. The first-order chi connectivity index (χ1) is 20.1. The number of amides is 2. The summed E-state index contributed by atoms with van der Waals surface area (Å²) in [7, 11) is 0. The van der Waals surface area contributed by atoms with E-state index in [0.717, 1.165) is 44.8 Å². The first kappa shape index (κ1) is 24.7. The molecule has 4 bridgehead atoms. The summed E-state index contributed by atoms with van der Waals surface area (Å²) in [6, 6.07) is 27.1. The summed E-state index contributed by atoms with van der Waals surface area (Å²) in [5, 5.41) is 2.13. The Hall–Kier alpha value is -4.03. The minimum absolute atomic E-state index is 0.278. The summed E-state index contributed by atoms with van der Waals surface area (Å²) in [5.74, 6) is 3.02. The number of nitrogens with zero attached hydrogens (tertiary/aromatic N) is 2. The molecule has 3 aromatic carbocycles. The smallest absolute Gasteiger partial charge is 0.285 e. The van der Waals surface area contributed by atoms with E-state index in [4.69, 9.17) is 14.6 Å². The van der Waals surface area contributed by atoms with E-state index >= 15 is 0 Å². The minimum atomic E-state index is -0.373. The molecule has 4 fully saturated rings. The number of benzene rings is 3. The molecule has 1 aliphatic heterocycles. The molecule has 9 rings (SSSR count). The van der Waals surface area contributed by atoms with Crippen LogP contribution < -0.4 is 4.74 Å². The first-order valence-electron chi connectivity index (χ1n) is 14.8. The number of carbonyl (C=O) groups is 2. The highest BCUT2D eigenvalue weighted by Gasteiger charge is 2.52. The largest absolute Gasteiger partial charge is 0.487 e. The van der Waals surface area contributed by atoms with Gasteiger partial charge in [0.2, 0.25) is 0 Å². The highest BCUT2D eigenvalue weighted by atomic mass is 16.7. The summed E-state index contributed by atoms with van der Waals surface area (Å²) >= 11 is 0. The molecule has 0 saturated heterocycles. The van der Waals surface area contributed by atoms with Gasteiger partial charge in [0.25, 0.3) is 11.8 Å². The number of rotatable bonds is 7. The van der Waals surface area contributed by atoms with Gasteiger partial charge in [-0.3, -0.25) is 14.4 Å². The SMILES string of the molecule is O=C1c2ccccc2C(=O)N1OC(c1ccc(OCc2ccc3ccccc3n2)cc1)C1C2CC3CC(C2)CC1C3. The third kappa shape index (κ3) is 4.32. The Bertz CT molecular complexity index is 1580. The lowest BCUT2D eigenvalue weighted by atomic mass is 9.50. The van der Waals surface area contributed by atoms with Gasteiger partial charge >= 0.3 is 0 Å². The van der Waals surface area contributed by atoms with Crippen LogP contribution in [0.1, 0.15) is 70.2 Å². The van der Waals surface area contributed by atoms with E-state index < -0.39 is 0 Å². The Labute approximate surface area is 239 Å². The first-order valence-corrected chi connectivity index (χ1v) is 14.8. The monoisotopic (exact) mass is 544 g/mol. The van der Waals surface area contributed by atoms with Crippen LogP contribution in [0.5, 0.6) is 5.75 Å². The Morgan fingerprint density at radius 2 is 1.37 bits per heavy atom. The molecular weight excluding hydrogens is 512 g/mol. The van der Waals surface area contributed by atoms with E-state index in [-0.39, 0.29) is 23.8 Å². The second-order valence-corrected chi connectivity index (χ2v) is 12.3. The van der Waals surface area contributed by atoms with Crippen molar-refractivity contribution in [1.82, 2.24) is 10.0 Å². The molecule has 6 heteroatoms. The predicted octanol–water partition coefficient (Wildman–Crippen LogP) is 7.16. The molecular formula is C35H32N2O4. The lowest BCUT2D eigenvalue weighted by Crippen LogP contribution is -2.48. The van der Waals surface area contributed by atoms with Crippen LogP contribution in [0, 0.1) is 29.6 Å². The van der Waals surface area contributed by atoms with Crippen LogP contribution in [0.15, 0.2) is 84.9 Å². The molecule has 4 saturated carbocycles. The molecule has 41 heavy (non-hydrogen) atoms. The number of pyridine rings is 1. The normalized spacial score (nSPS) is 26.9. The number of imide groups is 1. The Morgan fingerprint density at radius 3 is 2.05 bits per heavy atom. The van der Waals surface area contributed by atoms with E-state index in [9.17, 15) is 9.59 Å². The molecule has 0 spiro atoms. The van der Waals surface area contributed by atoms with Gasteiger partial charge in [-0.15, -0.1) is 5.06 Å². The van der Waals surface area contributed by atoms with E-state index in [1.165, 1.54) is 32.1 Å². The summed E-state index contributed by atoms with van der Waals surface area (Å²) in [6.07, 6.45) is 5.88. The van der Waals surface area contributed by atoms with Crippen LogP contribution in [-0.2, 0) is 11.4 Å². The third-order valence-corrected chi connectivity index (χ3v) is 9.88. The van der Waals surface area contributed by atoms with Gasteiger partial charge in [0.05, 0.1) is 22.3 Å². The number of ether oxygens (including phenoxy) is 1. The molecule has 1 aromatic heterocycles. The van der Waals surface area contributed by atoms with Crippen molar-refractivity contribution in [1.29, 1.82) is 0 Å². The van der Waals surface area contributed by atoms with Gasteiger partial charge in [-0.2, -0.15) is 0 Å². The molecule has 1 atom stereocenters. The van der Waals surface area contributed by atoms with Crippen molar-refractivity contribution in [2.45, 2.75) is 44.8 Å². The fraction of sp³-hybridized carbons (Fsp3) is 0.343. The topological polar surface area (TPSA) is 68.7 Å². The van der Waals surface area contributed by atoms with Crippen molar-refractivity contribution in [3.63, 3.8) is 0 Å². The molecule has 2 heterocycles. The third-order valence-electron chi connectivity index (χ3n) is 9.88. The van der Waals surface area contributed by atoms with Crippen molar-refractivity contribution < 1.29 is 19.2 Å². The summed E-state index contributed by atoms with van der Waals surface area (Å²) < 4.78 is 6.10. The van der Waals surface area contributed by atoms with E-state index in [0.29, 0.717) is 29.6 Å². The van der Waals surface area contributed by atoms with Crippen molar-refractivity contribution in [3.05, 3.63) is 107 Å². The second-order valence-electron chi connectivity index (χ2n) is 12.3. The maximum atomic E-state index is 13.3. The van der Waals surface area contributed by atoms with Crippen molar-refractivity contribution in [3.8, 4) is 5.75 Å². The predicted molar refractivity (Wildman–Crippen MR) is 154 cm³/mol. The zero-order chi connectivity index (χ0) is 27.5. The number of para-hydroxylation sites is 1. The number of hydrogen-bond donors (Lipinski definition) is 0. The summed E-state index contributed by atoms with van der Waals surface area (Å²) in [6.45, 7) is 0.370. The second kappa shape index (κ2) is 9.81. The van der Waals surface area contributed by atoms with Gasteiger partial charge in [0.15, 0.2) is 0 Å². The van der Waals surface area contributed by atoms with E-state index in [2.05, 4.69) is 12.1 Å². The van der Waals surface area contributed by atoms with Gasteiger partial charge in [0, 0.05) is 5.39 Å². The van der Waals surface area contributed by atoms with Gasteiger partial charge in [-0.1, -0.05) is 48.5 Å². The van der Waals surface area contributed by atoms with Gasteiger partial charge in [-0.25, -0.2) is 4.98 Å². The average molecular weight is 545 g/mol. The van der Waals surface area contributed by atoms with E-state index in [1.54, 1.807) is 24.3 Å². The lowest BCUT2D eigenvalue weighted by Gasteiger charge is -2.56. The molecule has 6 nitrogen and oxygen atoms in total. The minimum Gasteiger partial charge on any atom is -0.487 e. The summed E-state index contributed by atoms with van der Waals surface area (Å²) in [4.78, 5) is 37.8. The molecule has 5 aliphatic rings. The van der Waals surface area contributed by atoms with Crippen molar-refractivity contribution >= 4 is 22.7 Å². The number of hydroxylamine groups is 2. The Balaban J connectivity index is 1.06. The van der Waals surface area contributed by atoms with Crippen LogP contribution in [0.3, 0.4) is 0 Å². The molecule has 1 unspecified atom stereocenters. The number of carbonyl (C=O) groups excluding carboxylic acids is 2. The standard InChI is InChI=1S/C35H32N2O4/c38-34-29-6-2-3-7-30(29)35(39)37(34)41-33(32-25-16-21-15-22(18-25)19-26(32)17-21)24-10-13-28(14-11-24)40-20-27-12-9-23-5-1-4-8-31(23)36-27/h1-14,21-22,25-26,32-33H,15-20H2. The van der Waals surface area contributed by atoms with E-state index in [1.807, 2.05) is 48.5 Å². The fourth-order valence-corrected chi connectivity index (χ4v) is 8.29. The average Bonchev–Trinajstić information content (AvgIpc) is 3.24. The van der Waals surface area contributed by atoms with Crippen molar-refractivity contribution in [2.75, 3.05) is 0 Å². The summed E-state index contributed by atoms with van der Waals surface area (Å²) in [5.41, 5.74) is 3.62. The van der Waals surface area contributed by atoms with Crippen molar-refractivity contribution in [2.24, 2.45) is 29.6 Å². The van der Waals surface area contributed by atoms with Gasteiger partial charge in [0.1, 0.15) is 18.5 Å². The number of fused-ring (bicyclic) bond motifs is 2. The molecule has 0 radical (unpaired) electrons. The van der Waals surface area contributed by atoms with Crippen LogP contribution >= 0.6 is 0 Å².